The van der Waals surface area contributed by atoms with Crippen molar-refractivity contribution in [1.82, 2.24) is 5.32 Å². The van der Waals surface area contributed by atoms with Gasteiger partial charge in [0.05, 0.1) is 12.7 Å². The molecule has 0 aromatic heterocycles. The van der Waals surface area contributed by atoms with E-state index in [0.29, 0.717) is 12.0 Å². The lowest BCUT2D eigenvalue weighted by Crippen LogP contribution is -2.33. The van der Waals surface area contributed by atoms with Gasteiger partial charge in [-0.15, -0.1) is 0 Å². The zero-order chi connectivity index (χ0) is 10.8. The molecule has 1 saturated heterocycles. The quantitative estimate of drug-likeness (QED) is 0.766. The van der Waals surface area contributed by atoms with Gasteiger partial charge in [-0.05, 0) is 31.2 Å². The van der Waals surface area contributed by atoms with Crippen LogP contribution in [0, 0.1) is 11.6 Å². The van der Waals surface area contributed by atoms with Crippen molar-refractivity contribution in [3.05, 3.63) is 35.4 Å². The third-order valence-corrected chi connectivity index (χ3v) is 2.56. The van der Waals surface area contributed by atoms with E-state index in [-0.39, 0.29) is 12.1 Å². The van der Waals surface area contributed by atoms with Gasteiger partial charge in [-0.2, -0.15) is 0 Å². The van der Waals surface area contributed by atoms with E-state index in [1.54, 1.807) is 0 Å². The van der Waals surface area contributed by atoms with Crippen molar-refractivity contribution in [1.29, 1.82) is 0 Å². The molecular formula is C11H13F2NO. The Bertz CT molecular complexity index is 332. The van der Waals surface area contributed by atoms with Gasteiger partial charge in [0.2, 0.25) is 0 Å². The minimum Gasteiger partial charge on any atom is -0.371 e. The molecule has 0 radical (unpaired) electrons. The van der Waals surface area contributed by atoms with Crippen LogP contribution in [0.4, 0.5) is 8.78 Å². The van der Waals surface area contributed by atoms with E-state index in [9.17, 15) is 8.78 Å². The molecule has 2 unspecified atom stereocenters. The van der Waals surface area contributed by atoms with E-state index in [1.165, 1.54) is 12.1 Å². The first-order valence-corrected chi connectivity index (χ1v) is 4.93. The molecule has 2 atom stereocenters. The second-order valence-electron chi connectivity index (χ2n) is 3.75. The molecule has 15 heavy (non-hydrogen) atoms. The third-order valence-electron chi connectivity index (χ3n) is 2.56. The summed E-state index contributed by atoms with van der Waals surface area (Å²) in [6.45, 7) is 0.726. The largest absolute Gasteiger partial charge is 0.371 e. The topological polar surface area (TPSA) is 24.6 Å². The molecule has 0 aliphatic carbocycles. The van der Waals surface area contributed by atoms with Gasteiger partial charge in [0.25, 0.3) is 0 Å². The Morgan fingerprint density at radius 3 is 2.47 bits per heavy atom. The monoisotopic (exact) mass is 213 g/mol. The average molecular weight is 213 g/mol. The van der Waals surface area contributed by atoms with Crippen LogP contribution in [0.5, 0.6) is 0 Å². The lowest BCUT2D eigenvalue weighted by Gasteiger charge is -2.13. The Labute approximate surface area is 87.2 Å². The van der Waals surface area contributed by atoms with Gasteiger partial charge < -0.3 is 10.1 Å². The second-order valence-corrected chi connectivity index (χ2v) is 3.75. The maximum absolute atomic E-state index is 12.9. The van der Waals surface area contributed by atoms with Gasteiger partial charge in [-0.25, -0.2) is 8.78 Å². The molecule has 0 saturated carbocycles. The lowest BCUT2D eigenvalue weighted by molar-refractivity contribution is 0.348. The smallest absolute Gasteiger partial charge is 0.126 e. The van der Waals surface area contributed by atoms with Gasteiger partial charge >= 0.3 is 0 Å². The summed E-state index contributed by atoms with van der Waals surface area (Å²) < 4.78 is 31.0. The first-order chi connectivity index (χ1) is 7.19. The Hall–Kier alpha value is -1.00. The fourth-order valence-electron chi connectivity index (χ4n) is 1.69. The summed E-state index contributed by atoms with van der Waals surface area (Å²) in [4.78, 5) is 0. The van der Waals surface area contributed by atoms with Crippen molar-refractivity contribution in [2.45, 2.75) is 18.6 Å². The molecule has 1 aliphatic rings. The van der Waals surface area contributed by atoms with Crippen LogP contribution >= 0.6 is 0 Å². The minimum absolute atomic E-state index is 0.131. The van der Waals surface area contributed by atoms with Gasteiger partial charge in [0, 0.05) is 12.1 Å². The van der Waals surface area contributed by atoms with Gasteiger partial charge in [0.1, 0.15) is 11.6 Å². The molecule has 1 fully saturated rings. The van der Waals surface area contributed by atoms with E-state index < -0.39 is 11.6 Å². The molecule has 1 aliphatic heterocycles. The number of epoxide rings is 1. The molecule has 1 aromatic rings. The summed E-state index contributed by atoms with van der Waals surface area (Å²) in [7, 11) is 1.82. The molecule has 2 nitrogen and oxygen atoms in total. The number of hydrogen-bond donors (Lipinski definition) is 1. The number of benzene rings is 1. The van der Waals surface area contributed by atoms with Gasteiger partial charge in [0.15, 0.2) is 0 Å². The van der Waals surface area contributed by atoms with Crippen LogP contribution in [0.2, 0.25) is 0 Å². The summed E-state index contributed by atoms with van der Waals surface area (Å²) in [5.41, 5.74) is 0.655. The van der Waals surface area contributed by atoms with Crippen molar-refractivity contribution in [2.24, 2.45) is 0 Å². The van der Waals surface area contributed by atoms with Gasteiger partial charge in [-0.3, -0.25) is 0 Å². The zero-order valence-electron chi connectivity index (χ0n) is 8.47. The number of halogens is 2. The van der Waals surface area contributed by atoms with Crippen LogP contribution in [0.1, 0.15) is 5.56 Å². The van der Waals surface area contributed by atoms with Crippen LogP contribution in [0.15, 0.2) is 18.2 Å². The Balaban J connectivity index is 2.08. The molecule has 0 spiro atoms. The maximum Gasteiger partial charge on any atom is 0.126 e. The number of rotatable bonds is 4. The summed E-state index contributed by atoms with van der Waals surface area (Å²) in [5.74, 6) is -1.06. The SMILES string of the molecule is CNC(Cc1cc(F)cc(F)c1)C1CO1. The predicted octanol–water partition coefficient (Wildman–Crippen LogP) is 1.49. The first-order valence-electron chi connectivity index (χ1n) is 4.93. The van der Waals surface area contributed by atoms with Crippen LogP contribution in [0.3, 0.4) is 0 Å². The fraction of sp³-hybridized carbons (Fsp3) is 0.455. The number of ether oxygens (including phenoxy) is 1. The minimum atomic E-state index is -0.531. The molecule has 82 valence electrons. The van der Waals surface area contributed by atoms with Crippen LogP contribution in [-0.2, 0) is 11.2 Å². The Morgan fingerprint density at radius 2 is 2.00 bits per heavy atom. The summed E-state index contributed by atoms with van der Waals surface area (Å²) in [6, 6.07) is 3.73. The Morgan fingerprint density at radius 1 is 1.40 bits per heavy atom. The summed E-state index contributed by atoms with van der Waals surface area (Å²) in [5, 5.41) is 3.08. The van der Waals surface area contributed by atoms with Crippen molar-refractivity contribution in [3.63, 3.8) is 0 Å². The molecule has 1 N–H and O–H groups in total. The van der Waals surface area contributed by atoms with Crippen molar-refractivity contribution < 1.29 is 13.5 Å². The normalized spacial score (nSPS) is 21.4. The van der Waals surface area contributed by atoms with E-state index in [4.69, 9.17) is 4.74 Å². The lowest BCUT2D eigenvalue weighted by atomic mass is 10.0. The number of nitrogens with one attached hydrogen (secondary N) is 1. The summed E-state index contributed by atoms with van der Waals surface area (Å²) >= 11 is 0. The fourth-order valence-corrected chi connectivity index (χ4v) is 1.69. The molecule has 0 amide bonds. The van der Waals surface area contributed by atoms with Crippen LogP contribution in [-0.4, -0.2) is 25.8 Å². The number of likely N-dealkylation sites (N-methyl/N-ethyl adjacent to an activating group) is 1. The molecule has 4 heteroatoms. The third kappa shape index (κ3) is 2.73. The second kappa shape index (κ2) is 4.24. The molecular weight excluding hydrogens is 200 g/mol. The molecule has 0 bridgehead atoms. The van der Waals surface area contributed by atoms with Crippen molar-refractivity contribution >= 4 is 0 Å². The van der Waals surface area contributed by atoms with E-state index >= 15 is 0 Å². The number of hydrogen-bond acceptors (Lipinski definition) is 2. The molecule has 2 rings (SSSR count). The first kappa shape index (κ1) is 10.5. The standard InChI is InChI=1S/C11H13F2NO/c1-14-10(11-6-15-11)4-7-2-8(12)5-9(13)3-7/h2-3,5,10-11,14H,4,6H2,1H3. The van der Waals surface area contributed by atoms with Crippen LogP contribution in [0.25, 0.3) is 0 Å². The maximum atomic E-state index is 12.9. The summed E-state index contributed by atoms with van der Waals surface area (Å²) in [6.07, 6.45) is 0.761. The van der Waals surface area contributed by atoms with E-state index in [2.05, 4.69) is 5.32 Å². The molecule has 1 heterocycles. The van der Waals surface area contributed by atoms with Gasteiger partial charge in [-0.1, -0.05) is 0 Å². The highest BCUT2D eigenvalue weighted by Crippen LogP contribution is 2.18. The predicted molar refractivity (Wildman–Crippen MR) is 52.6 cm³/mol. The van der Waals surface area contributed by atoms with E-state index in [0.717, 1.165) is 12.7 Å². The average Bonchev–Trinajstić information content (AvgIpc) is 2.95. The van der Waals surface area contributed by atoms with E-state index in [1.807, 2.05) is 7.05 Å². The highest BCUT2D eigenvalue weighted by atomic mass is 19.1. The van der Waals surface area contributed by atoms with Crippen molar-refractivity contribution in [2.75, 3.05) is 13.7 Å². The molecule has 1 aromatic carbocycles. The highest BCUT2D eigenvalue weighted by Gasteiger charge is 2.31. The Kier molecular flexibility index (Phi) is 2.98. The highest BCUT2D eigenvalue weighted by molar-refractivity contribution is 5.19. The zero-order valence-corrected chi connectivity index (χ0v) is 8.47. The van der Waals surface area contributed by atoms with Crippen molar-refractivity contribution in [3.8, 4) is 0 Å². The van der Waals surface area contributed by atoms with Crippen LogP contribution < -0.4 is 5.32 Å².